The van der Waals surface area contributed by atoms with Crippen molar-refractivity contribution in [1.82, 2.24) is 14.8 Å². The van der Waals surface area contributed by atoms with Crippen LogP contribution in [0, 0.1) is 4.77 Å². The summed E-state index contributed by atoms with van der Waals surface area (Å²) in [6.45, 7) is 6.34. The van der Waals surface area contributed by atoms with E-state index in [9.17, 15) is 0 Å². The zero-order chi connectivity index (χ0) is 13.6. The second kappa shape index (κ2) is 4.20. The van der Waals surface area contributed by atoms with Gasteiger partial charge in [0.1, 0.15) is 5.75 Å². The lowest BCUT2D eigenvalue weighted by atomic mass is 10.1. The maximum Gasteiger partial charge on any atom is 0.195 e. The van der Waals surface area contributed by atoms with E-state index in [4.69, 9.17) is 17.0 Å². The Labute approximate surface area is 117 Å². The normalized spacial score (nSPS) is 18.2. The molecule has 1 aromatic heterocycles. The lowest BCUT2D eigenvalue weighted by Gasteiger charge is -2.24. The van der Waals surface area contributed by atoms with Gasteiger partial charge in [-0.2, -0.15) is 5.10 Å². The monoisotopic (exact) mass is 275 g/mol. The molecule has 0 spiro atoms. The summed E-state index contributed by atoms with van der Waals surface area (Å²) in [6.07, 6.45) is 0.774. The van der Waals surface area contributed by atoms with Gasteiger partial charge in [-0.1, -0.05) is 18.2 Å². The molecule has 5 heteroatoms. The van der Waals surface area contributed by atoms with E-state index in [1.807, 2.05) is 22.8 Å². The van der Waals surface area contributed by atoms with Crippen LogP contribution in [0.25, 0.3) is 0 Å². The van der Waals surface area contributed by atoms with Crippen LogP contribution in [-0.4, -0.2) is 14.8 Å². The van der Waals surface area contributed by atoms with E-state index in [0.29, 0.717) is 4.77 Å². The quantitative estimate of drug-likeness (QED) is 0.811. The minimum absolute atomic E-state index is 0.0652. The van der Waals surface area contributed by atoms with Gasteiger partial charge in [0.05, 0.1) is 0 Å². The molecule has 1 N–H and O–H groups in total. The van der Waals surface area contributed by atoms with Gasteiger partial charge in [0.25, 0.3) is 0 Å². The summed E-state index contributed by atoms with van der Waals surface area (Å²) < 4.78 is 8.67. The van der Waals surface area contributed by atoms with Gasteiger partial charge in [0.15, 0.2) is 16.7 Å². The highest BCUT2D eigenvalue weighted by molar-refractivity contribution is 7.71. The second-order valence-electron chi connectivity index (χ2n) is 5.81. The molecular weight excluding hydrogens is 258 g/mol. The Bertz CT molecular complexity index is 641. The fourth-order valence-electron chi connectivity index (χ4n) is 2.50. The fraction of sp³-hybridized carbons (Fsp3) is 0.429. The van der Waals surface area contributed by atoms with Gasteiger partial charge in [-0.3, -0.25) is 9.67 Å². The van der Waals surface area contributed by atoms with Gasteiger partial charge in [0, 0.05) is 12.0 Å². The standard InChI is InChI=1S/C14H17N3OS/c1-14(2,3)17-12(15-16-13(17)19)11-8-9-6-4-5-7-10(9)18-11/h4-7,11H,8H2,1-3H3,(H,16,19). The predicted octanol–water partition coefficient (Wildman–Crippen LogP) is 3.37. The molecule has 4 nitrogen and oxygen atoms in total. The van der Waals surface area contributed by atoms with Crippen molar-refractivity contribution in [3.8, 4) is 5.75 Å². The number of fused-ring (bicyclic) bond motifs is 1. The summed E-state index contributed by atoms with van der Waals surface area (Å²) in [7, 11) is 0. The number of H-pyrrole nitrogens is 1. The van der Waals surface area contributed by atoms with Crippen molar-refractivity contribution in [3.05, 3.63) is 40.4 Å². The largest absolute Gasteiger partial charge is 0.482 e. The Morgan fingerprint density at radius 3 is 2.79 bits per heavy atom. The summed E-state index contributed by atoms with van der Waals surface area (Å²) in [5.74, 6) is 1.82. The topological polar surface area (TPSA) is 42.8 Å². The van der Waals surface area contributed by atoms with Crippen LogP contribution in [0.2, 0.25) is 0 Å². The number of benzene rings is 1. The first-order chi connectivity index (χ1) is 8.97. The van der Waals surface area contributed by atoms with Gasteiger partial charge in [-0.25, -0.2) is 0 Å². The Kier molecular flexibility index (Phi) is 2.74. The first-order valence-corrected chi connectivity index (χ1v) is 6.80. The van der Waals surface area contributed by atoms with Gasteiger partial charge in [-0.05, 0) is 44.6 Å². The summed E-state index contributed by atoms with van der Waals surface area (Å²) in [6, 6.07) is 8.11. The van der Waals surface area contributed by atoms with E-state index < -0.39 is 0 Å². The number of aromatic amines is 1. The Morgan fingerprint density at radius 1 is 1.37 bits per heavy atom. The molecular formula is C14H17N3OS. The summed E-state index contributed by atoms with van der Waals surface area (Å²) in [4.78, 5) is 0. The van der Waals surface area contributed by atoms with E-state index in [1.54, 1.807) is 0 Å². The van der Waals surface area contributed by atoms with Crippen molar-refractivity contribution in [2.75, 3.05) is 0 Å². The number of nitrogens with one attached hydrogen (secondary N) is 1. The van der Waals surface area contributed by atoms with Gasteiger partial charge in [0.2, 0.25) is 0 Å². The highest BCUT2D eigenvalue weighted by Crippen LogP contribution is 2.36. The molecule has 0 amide bonds. The van der Waals surface area contributed by atoms with Gasteiger partial charge in [-0.15, -0.1) is 0 Å². The van der Waals surface area contributed by atoms with Gasteiger partial charge < -0.3 is 4.74 Å². The smallest absolute Gasteiger partial charge is 0.195 e. The lowest BCUT2D eigenvalue weighted by Crippen LogP contribution is -2.26. The Hall–Kier alpha value is -1.62. The highest BCUT2D eigenvalue weighted by atomic mass is 32.1. The van der Waals surface area contributed by atoms with Crippen molar-refractivity contribution in [2.24, 2.45) is 0 Å². The van der Waals surface area contributed by atoms with Crippen molar-refractivity contribution in [3.63, 3.8) is 0 Å². The number of para-hydroxylation sites is 1. The molecule has 1 aliphatic rings. The van der Waals surface area contributed by atoms with E-state index in [1.165, 1.54) is 5.56 Å². The molecule has 1 aromatic carbocycles. The van der Waals surface area contributed by atoms with Crippen molar-refractivity contribution in [2.45, 2.75) is 38.8 Å². The molecule has 19 heavy (non-hydrogen) atoms. The molecule has 1 atom stereocenters. The molecule has 3 rings (SSSR count). The first-order valence-electron chi connectivity index (χ1n) is 6.39. The number of nitrogens with zero attached hydrogens (tertiary/aromatic N) is 2. The summed E-state index contributed by atoms with van der Waals surface area (Å²) in [5.41, 5.74) is 1.11. The third-order valence-corrected chi connectivity index (χ3v) is 3.58. The van der Waals surface area contributed by atoms with Crippen LogP contribution >= 0.6 is 12.2 Å². The molecule has 100 valence electrons. The molecule has 1 aliphatic heterocycles. The minimum Gasteiger partial charge on any atom is -0.482 e. The Morgan fingerprint density at radius 2 is 2.11 bits per heavy atom. The van der Waals surface area contributed by atoms with Crippen LogP contribution in [0.1, 0.15) is 38.3 Å². The number of aromatic nitrogens is 3. The van der Waals surface area contributed by atoms with Crippen molar-refractivity contribution < 1.29 is 4.74 Å². The molecule has 2 heterocycles. The van der Waals surface area contributed by atoms with Crippen LogP contribution < -0.4 is 4.74 Å². The van der Waals surface area contributed by atoms with Crippen LogP contribution in [0.5, 0.6) is 5.75 Å². The van der Waals surface area contributed by atoms with Crippen LogP contribution in [0.4, 0.5) is 0 Å². The molecule has 0 bridgehead atoms. The minimum atomic E-state index is -0.114. The third-order valence-electron chi connectivity index (χ3n) is 3.30. The van der Waals surface area contributed by atoms with Crippen LogP contribution in [-0.2, 0) is 12.0 Å². The zero-order valence-corrected chi connectivity index (χ0v) is 12.1. The van der Waals surface area contributed by atoms with Crippen molar-refractivity contribution in [1.29, 1.82) is 0 Å². The maximum absolute atomic E-state index is 5.99. The summed E-state index contributed by atoms with van der Waals surface area (Å²) >= 11 is 5.33. The SMILES string of the molecule is CC(C)(C)n1c(C2Cc3ccccc3O2)n[nH]c1=S. The van der Waals surface area contributed by atoms with Crippen LogP contribution in [0.3, 0.4) is 0 Å². The zero-order valence-electron chi connectivity index (χ0n) is 11.3. The first kappa shape index (κ1) is 12.4. The maximum atomic E-state index is 5.99. The number of hydrogen-bond acceptors (Lipinski definition) is 3. The predicted molar refractivity (Wildman–Crippen MR) is 75.9 cm³/mol. The molecule has 1 unspecified atom stereocenters. The number of ether oxygens (including phenoxy) is 1. The molecule has 0 radical (unpaired) electrons. The number of hydrogen-bond donors (Lipinski definition) is 1. The van der Waals surface area contributed by atoms with E-state index in [0.717, 1.165) is 18.0 Å². The molecule has 0 fully saturated rings. The van der Waals surface area contributed by atoms with Crippen LogP contribution in [0.15, 0.2) is 24.3 Å². The lowest BCUT2D eigenvalue weighted by molar-refractivity contribution is 0.209. The second-order valence-corrected chi connectivity index (χ2v) is 6.20. The molecule has 0 saturated heterocycles. The third kappa shape index (κ3) is 2.08. The Balaban J connectivity index is 2.01. The van der Waals surface area contributed by atoms with E-state index in [2.05, 4.69) is 37.0 Å². The summed E-state index contributed by atoms with van der Waals surface area (Å²) in [5, 5.41) is 7.25. The van der Waals surface area contributed by atoms with E-state index in [-0.39, 0.29) is 11.6 Å². The highest BCUT2D eigenvalue weighted by Gasteiger charge is 2.31. The van der Waals surface area contributed by atoms with E-state index >= 15 is 0 Å². The molecule has 0 saturated carbocycles. The molecule has 0 aliphatic carbocycles. The van der Waals surface area contributed by atoms with Crippen molar-refractivity contribution >= 4 is 12.2 Å². The van der Waals surface area contributed by atoms with Gasteiger partial charge >= 0.3 is 0 Å². The fourth-order valence-corrected chi connectivity index (χ4v) is 2.91. The average Bonchev–Trinajstić information content (AvgIpc) is 2.90. The average molecular weight is 275 g/mol. The number of rotatable bonds is 1. The molecule has 2 aromatic rings.